The highest BCUT2D eigenvalue weighted by Gasteiger charge is 2.47. The topological polar surface area (TPSA) is 30.3 Å². The van der Waals surface area contributed by atoms with Gasteiger partial charge >= 0.3 is 0 Å². The van der Waals surface area contributed by atoms with Gasteiger partial charge in [-0.2, -0.15) is 5.26 Å². The van der Waals surface area contributed by atoms with Crippen LogP contribution in [0, 0.1) is 17.2 Å². The highest BCUT2D eigenvalue weighted by molar-refractivity contribution is 6.77. The number of nitrogens with zero attached hydrogens (tertiary/aromatic N) is 3. The van der Waals surface area contributed by atoms with Crippen LogP contribution >= 0.6 is 0 Å². The van der Waals surface area contributed by atoms with E-state index in [4.69, 9.17) is 5.26 Å². The summed E-state index contributed by atoms with van der Waals surface area (Å²) < 4.78 is 2.71. The lowest BCUT2D eigenvalue weighted by Crippen LogP contribution is -2.56. The molecule has 0 atom stereocenters. The molecule has 0 N–H and O–H groups in total. The summed E-state index contributed by atoms with van der Waals surface area (Å²) in [4.78, 5) is 2.42. The van der Waals surface area contributed by atoms with Crippen LogP contribution in [0.3, 0.4) is 0 Å². The largest absolute Gasteiger partial charge is 0.310 e. The maximum absolute atomic E-state index is 8.67. The summed E-state index contributed by atoms with van der Waals surface area (Å²) in [6.07, 6.45) is 0.656. The van der Waals surface area contributed by atoms with Gasteiger partial charge < -0.3 is 4.57 Å². The molecule has 1 rings (SSSR count). The molecule has 3 nitrogen and oxygen atoms in total. The van der Waals surface area contributed by atoms with Crippen molar-refractivity contribution in [2.45, 2.75) is 52.2 Å². The van der Waals surface area contributed by atoms with Crippen LogP contribution in [-0.4, -0.2) is 44.0 Å². The van der Waals surface area contributed by atoms with E-state index in [-0.39, 0.29) is 0 Å². The first kappa shape index (κ1) is 15.7. The van der Waals surface area contributed by atoms with E-state index < -0.39 is 8.24 Å². The van der Waals surface area contributed by atoms with Crippen LogP contribution in [0.2, 0.25) is 18.1 Å². The fraction of sp³-hybridized carbons (Fsp3) is 0.929. The van der Waals surface area contributed by atoms with E-state index in [1.165, 1.54) is 6.54 Å². The number of nitriles is 1. The summed E-state index contributed by atoms with van der Waals surface area (Å²) in [6.45, 7) is 18.9. The molecule has 0 saturated carbocycles. The standard InChI is InChI=1S/C14H29N3Si/c1-13(2)14(3,4)18(5,6)17-11-10-16(12-17)9-7-8-15/h13H,7,9-12H2,1-6H3. The van der Waals surface area contributed by atoms with Gasteiger partial charge in [0.25, 0.3) is 0 Å². The van der Waals surface area contributed by atoms with E-state index >= 15 is 0 Å². The Balaban J connectivity index is 2.68. The molecule has 1 aliphatic rings. The predicted molar refractivity (Wildman–Crippen MR) is 79.7 cm³/mol. The van der Waals surface area contributed by atoms with Crippen molar-refractivity contribution < 1.29 is 0 Å². The van der Waals surface area contributed by atoms with Gasteiger partial charge in [-0.15, -0.1) is 0 Å². The molecule has 0 radical (unpaired) electrons. The monoisotopic (exact) mass is 267 g/mol. The Kier molecular flexibility index (Phi) is 4.99. The molecule has 0 aromatic carbocycles. The SMILES string of the molecule is CC(C)C(C)(C)[Si](C)(C)N1CCN(CCC#N)C1. The lowest BCUT2D eigenvalue weighted by Gasteiger charge is -2.48. The second kappa shape index (κ2) is 5.73. The zero-order valence-electron chi connectivity index (χ0n) is 13.0. The molecule has 1 saturated heterocycles. The van der Waals surface area contributed by atoms with Crippen molar-refractivity contribution in [2.75, 3.05) is 26.3 Å². The summed E-state index contributed by atoms with van der Waals surface area (Å²) in [7, 11) is -1.43. The van der Waals surface area contributed by atoms with Gasteiger partial charge in [-0.05, 0) is 11.0 Å². The summed E-state index contributed by atoms with van der Waals surface area (Å²) in [6, 6.07) is 2.25. The van der Waals surface area contributed by atoms with Crippen molar-refractivity contribution >= 4 is 8.24 Å². The van der Waals surface area contributed by atoms with Gasteiger partial charge in [-0.3, -0.25) is 4.90 Å². The van der Waals surface area contributed by atoms with E-state index in [9.17, 15) is 0 Å². The number of hydrogen-bond acceptors (Lipinski definition) is 3. The van der Waals surface area contributed by atoms with Gasteiger partial charge in [0.15, 0.2) is 0 Å². The molecule has 0 unspecified atom stereocenters. The van der Waals surface area contributed by atoms with E-state index in [1.807, 2.05) is 0 Å². The molecule has 0 spiro atoms. The van der Waals surface area contributed by atoms with Crippen molar-refractivity contribution in [1.82, 2.24) is 9.47 Å². The first-order chi connectivity index (χ1) is 8.23. The Labute approximate surface area is 114 Å². The zero-order valence-corrected chi connectivity index (χ0v) is 14.0. The van der Waals surface area contributed by atoms with Crippen LogP contribution in [-0.2, 0) is 0 Å². The van der Waals surface area contributed by atoms with Crippen LogP contribution in [0.15, 0.2) is 0 Å². The minimum absolute atomic E-state index is 0.415. The summed E-state index contributed by atoms with van der Waals surface area (Å²) in [5.74, 6) is 0.715. The Bertz CT molecular complexity index is 317. The molecule has 1 heterocycles. The van der Waals surface area contributed by atoms with Gasteiger partial charge in [-0.1, -0.05) is 40.8 Å². The van der Waals surface area contributed by atoms with E-state index in [2.05, 4.69) is 56.3 Å². The molecule has 0 bridgehead atoms. The van der Waals surface area contributed by atoms with Crippen molar-refractivity contribution in [3.8, 4) is 6.07 Å². The maximum atomic E-state index is 8.67. The molecule has 0 aromatic heterocycles. The third-order valence-corrected chi connectivity index (χ3v) is 11.1. The fourth-order valence-corrected chi connectivity index (χ4v) is 6.05. The second-order valence-corrected chi connectivity index (χ2v) is 11.9. The highest BCUT2D eigenvalue weighted by Crippen LogP contribution is 2.46. The van der Waals surface area contributed by atoms with Crippen LogP contribution < -0.4 is 0 Å². The third-order valence-electron chi connectivity index (χ3n) is 5.41. The minimum atomic E-state index is -1.43. The van der Waals surface area contributed by atoms with Gasteiger partial charge in [0, 0.05) is 32.7 Å². The molecule has 4 heteroatoms. The molecule has 18 heavy (non-hydrogen) atoms. The molecule has 0 amide bonds. The number of hydrogen-bond donors (Lipinski definition) is 0. The Morgan fingerprint density at radius 3 is 2.39 bits per heavy atom. The first-order valence-electron chi connectivity index (χ1n) is 7.08. The minimum Gasteiger partial charge on any atom is -0.310 e. The lowest BCUT2D eigenvalue weighted by molar-refractivity contribution is 0.297. The van der Waals surface area contributed by atoms with E-state index in [0.29, 0.717) is 17.4 Å². The van der Waals surface area contributed by atoms with Crippen LogP contribution in [0.1, 0.15) is 34.1 Å². The predicted octanol–water partition coefficient (Wildman–Crippen LogP) is 3.12. The van der Waals surface area contributed by atoms with Crippen molar-refractivity contribution in [1.29, 1.82) is 5.26 Å². The van der Waals surface area contributed by atoms with Crippen LogP contribution in [0.25, 0.3) is 0 Å². The van der Waals surface area contributed by atoms with Gasteiger partial charge in [-0.25, -0.2) is 0 Å². The van der Waals surface area contributed by atoms with Gasteiger partial charge in [0.05, 0.1) is 6.07 Å². The molecule has 0 aliphatic carbocycles. The van der Waals surface area contributed by atoms with Gasteiger partial charge in [0.1, 0.15) is 8.24 Å². The van der Waals surface area contributed by atoms with Crippen molar-refractivity contribution in [2.24, 2.45) is 5.92 Å². The summed E-state index contributed by atoms with van der Waals surface area (Å²) in [5.41, 5.74) is 0. The van der Waals surface area contributed by atoms with E-state index in [0.717, 1.165) is 19.8 Å². The second-order valence-electron chi connectivity index (χ2n) is 6.87. The van der Waals surface area contributed by atoms with Crippen molar-refractivity contribution in [3.63, 3.8) is 0 Å². The first-order valence-corrected chi connectivity index (χ1v) is 10.0. The molecular formula is C14H29N3Si. The Hall–Kier alpha value is -0.373. The molecular weight excluding hydrogens is 238 g/mol. The maximum Gasteiger partial charge on any atom is 0.129 e. The van der Waals surface area contributed by atoms with Gasteiger partial charge in [0.2, 0.25) is 0 Å². The lowest BCUT2D eigenvalue weighted by atomic mass is 9.99. The zero-order chi connectivity index (χ0) is 14.0. The molecule has 1 fully saturated rings. The Morgan fingerprint density at radius 2 is 1.89 bits per heavy atom. The quantitative estimate of drug-likeness (QED) is 0.717. The van der Waals surface area contributed by atoms with Crippen LogP contribution in [0.5, 0.6) is 0 Å². The third kappa shape index (κ3) is 2.96. The normalized spacial score (nSPS) is 19.4. The molecule has 0 aromatic rings. The average molecular weight is 267 g/mol. The summed E-state index contributed by atoms with van der Waals surface area (Å²) >= 11 is 0. The fourth-order valence-electron chi connectivity index (χ4n) is 2.61. The van der Waals surface area contributed by atoms with E-state index in [1.54, 1.807) is 0 Å². The molecule has 1 aliphatic heterocycles. The average Bonchev–Trinajstić information content (AvgIpc) is 2.74. The van der Waals surface area contributed by atoms with Crippen molar-refractivity contribution in [3.05, 3.63) is 0 Å². The smallest absolute Gasteiger partial charge is 0.129 e. The highest BCUT2D eigenvalue weighted by atomic mass is 28.3. The summed E-state index contributed by atoms with van der Waals surface area (Å²) in [5, 5.41) is 9.09. The Morgan fingerprint density at radius 1 is 1.28 bits per heavy atom. The number of rotatable bonds is 5. The van der Waals surface area contributed by atoms with Crippen LogP contribution in [0.4, 0.5) is 0 Å². The molecule has 104 valence electrons.